The third-order valence-corrected chi connectivity index (χ3v) is 23.4. The molecule has 12 heteroatoms. The second-order valence-corrected chi connectivity index (χ2v) is 31.1. The number of hydrogen-bond acceptors (Lipinski definition) is 12. The topological polar surface area (TPSA) is 155 Å². The molecule has 0 saturated heterocycles. The molecule has 12 nitrogen and oxygen atoms in total. The molecule has 576 valence electrons. The van der Waals surface area contributed by atoms with E-state index in [4.69, 9.17) is 54.8 Å². The van der Waals surface area contributed by atoms with Crippen molar-refractivity contribution in [2.45, 2.75) is 0 Å². The standard InChI is InChI=1S/C58H36N6.C54H32N6/c1-4-11-37(12-5-1)48-31-27-41-21-22-42-28-32-51(62-57(42)56(41)61-48)47-24-20-40-26-30-50(60-53(40)35-47)46-23-19-39-25-29-49(59-52(39)34-46)44-17-10-18-45(33-44)55-36-54(38-13-6-2-7-14-38)63-58(64-55)43-15-8-3-9-16-43;1-2-6-34(7-3-1)46-26-22-38-16-17-39-23-27-48(60-53(39)52(38)59-46)41-19-15-37-21-25-47(58-50(37)32-41)40-18-14-36-20-24-45(57-49(36)31-40)35-12-10-33(11-13-35)44-30-42-8-4-28-55-51(42)54-43(44)9-5-29-56-54/h1-36H;1-32H. The molecule has 11 heterocycles. The summed E-state index contributed by atoms with van der Waals surface area (Å²) in [5.41, 5.74) is 31.4. The van der Waals surface area contributed by atoms with Crippen LogP contribution in [0.5, 0.6) is 0 Å². The van der Waals surface area contributed by atoms with Crippen molar-refractivity contribution in [2.75, 3.05) is 0 Å². The molecule has 24 aromatic rings. The molecule has 0 spiro atoms. The van der Waals surface area contributed by atoms with Crippen LogP contribution in [-0.2, 0) is 0 Å². The number of hydrogen-bond donors (Lipinski definition) is 0. The second kappa shape index (κ2) is 30.8. The Morgan fingerprint density at radius 3 is 0.839 bits per heavy atom. The van der Waals surface area contributed by atoms with Crippen molar-refractivity contribution < 1.29 is 0 Å². The van der Waals surface area contributed by atoms with Crippen molar-refractivity contribution >= 4 is 109 Å². The summed E-state index contributed by atoms with van der Waals surface area (Å²) in [6.07, 6.45) is 3.65. The number of pyridine rings is 10. The molecule has 0 unspecified atom stereocenters. The Hall–Kier alpha value is -17.0. The molecule has 0 atom stereocenters. The first kappa shape index (κ1) is 72.3. The molecule has 11 aromatic heterocycles. The van der Waals surface area contributed by atoms with E-state index in [1.165, 1.54) is 0 Å². The molecule has 24 rings (SSSR count). The number of aromatic nitrogens is 12. The first-order valence-electron chi connectivity index (χ1n) is 41.3. The van der Waals surface area contributed by atoms with E-state index in [2.05, 4.69) is 308 Å². The van der Waals surface area contributed by atoms with Crippen LogP contribution in [0.3, 0.4) is 0 Å². The Labute approximate surface area is 712 Å². The minimum absolute atomic E-state index is 0.687. The number of fused-ring (bicyclic) bond motifs is 13. The monoisotopic (exact) mass is 1580 g/mol. The maximum atomic E-state index is 5.21. The van der Waals surface area contributed by atoms with Gasteiger partial charge in [0.15, 0.2) is 5.82 Å². The summed E-state index contributed by atoms with van der Waals surface area (Å²) in [4.78, 5) is 60.7. The summed E-state index contributed by atoms with van der Waals surface area (Å²) in [5, 5.41) is 10.6. The average molecular weight is 1580 g/mol. The van der Waals surface area contributed by atoms with Gasteiger partial charge in [0.1, 0.15) is 0 Å². The van der Waals surface area contributed by atoms with Gasteiger partial charge in [0.2, 0.25) is 0 Å². The van der Waals surface area contributed by atoms with Crippen LogP contribution >= 0.6 is 0 Å². The van der Waals surface area contributed by atoms with Gasteiger partial charge in [-0.25, -0.2) is 49.8 Å². The van der Waals surface area contributed by atoms with Crippen molar-refractivity contribution in [1.82, 2.24) is 59.8 Å². The Morgan fingerprint density at radius 1 is 0.137 bits per heavy atom. The largest absolute Gasteiger partial charge is 0.254 e. The van der Waals surface area contributed by atoms with Gasteiger partial charge in [-0.05, 0) is 114 Å². The quantitative estimate of drug-likeness (QED) is 0.107. The molecule has 124 heavy (non-hydrogen) atoms. The van der Waals surface area contributed by atoms with Crippen LogP contribution in [0.4, 0.5) is 0 Å². The smallest absolute Gasteiger partial charge is 0.160 e. The predicted molar refractivity (Wildman–Crippen MR) is 507 cm³/mol. The molecule has 0 aliphatic carbocycles. The number of nitrogens with zero attached hydrogens (tertiary/aromatic N) is 12. The number of rotatable bonds is 12. The van der Waals surface area contributed by atoms with Crippen molar-refractivity contribution in [3.8, 4) is 135 Å². The lowest BCUT2D eigenvalue weighted by molar-refractivity contribution is 1.18. The van der Waals surface area contributed by atoms with Gasteiger partial charge in [0, 0.05) is 127 Å². The molecule has 0 N–H and O–H groups in total. The van der Waals surface area contributed by atoms with Gasteiger partial charge >= 0.3 is 0 Å². The fourth-order valence-corrected chi connectivity index (χ4v) is 16.9. The van der Waals surface area contributed by atoms with Gasteiger partial charge < -0.3 is 0 Å². The zero-order chi connectivity index (χ0) is 82.0. The summed E-state index contributed by atoms with van der Waals surface area (Å²) >= 11 is 0. The predicted octanol–water partition coefficient (Wildman–Crippen LogP) is 27.6. The van der Waals surface area contributed by atoms with E-state index in [1.54, 1.807) is 0 Å². The van der Waals surface area contributed by atoms with Crippen LogP contribution in [0.25, 0.3) is 244 Å². The Morgan fingerprint density at radius 2 is 0.419 bits per heavy atom. The Bertz CT molecular complexity index is 8310. The first-order valence-corrected chi connectivity index (χ1v) is 41.3. The maximum Gasteiger partial charge on any atom is 0.160 e. The highest BCUT2D eigenvalue weighted by Crippen LogP contribution is 2.40. The van der Waals surface area contributed by atoms with Crippen LogP contribution in [0.15, 0.2) is 413 Å². The summed E-state index contributed by atoms with van der Waals surface area (Å²) in [6, 6.07) is 138. The molecule has 0 amide bonds. The SMILES string of the molecule is c1ccc(-c2cc(-c3cccc(-c4ccc5ccc(-c6ccc7ccc(-c8ccc9ccc%10ccc(-c%11ccccc%11)nc%10c9n8)cc7n6)cc5n4)c3)nc(-c3ccccc3)n2)cc1.c1ccc(-c2ccc3ccc4ccc(-c5ccc6ccc(-c7ccc8ccc(-c9ccc(-c%10cc%11cccnc%11c%11ncccc%10%11)cc9)nc8c7)nc6c5)nc4c3n2)cc1. The van der Waals surface area contributed by atoms with E-state index in [9.17, 15) is 0 Å². The van der Waals surface area contributed by atoms with E-state index >= 15 is 0 Å². The van der Waals surface area contributed by atoms with Gasteiger partial charge in [-0.1, -0.05) is 297 Å². The van der Waals surface area contributed by atoms with Crippen molar-refractivity contribution in [3.05, 3.63) is 413 Å². The lowest BCUT2D eigenvalue weighted by atomic mass is 9.96. The second-order valence-electron chi connectivity index (χ2n) is 31.1. The summed E-state index contributed by atoms with van der Waals surface area (Å²) in [7, 11) is 0. The average Bonchev–Trinajstić information content (AvgIpc) is 0.754. The molecule has 0 radical (unpaired) electrons. The van der Waals surface area contributed by atoms with Gasteiger partial charge in [-0.15, -0.1) is 0 Å². The van der Waals surface area contributed by atoms with E-state index in [0.29, 0.717) is 5.82 Å². The van der Waals surface area contributed by atoms with Gasteiger partial charge in [0.25, 0.3) is 0 Å². The van der Waals surface area contributed by atoms with Crippen molar-refractivity contribution in [1.29, 1.82) is 0 Å². The van der Waals surface area contributed by atoms with Gasteiger partial charge in [-0.3, -0.25) is 9.97 Å². The van der Waals surface area contributed by atoms with Crippen LogP contribution in [-0.4, -0.2) is 59.8 Å². The molecule has 0 fully saturated rings. The fraction of sp³-hybridized carbons (Fsp3) is 0. The molecule has 0 aliphatic rings. The number of benzene rings is 13. The Kier molecular flexibility index (Phi) is 17.9. The summed E-state index contributed by atoms with van der Waals surface area (Å²) < 4.78 is 0. The van der Waals surface area contributed by atoms with Crippen LogP contribution in [0.2, 0.25) is 0 Å². The first-order chi connectivity index (χ1) is 61.3. The highest BCUT2D eigenvalue weighted by atomic mass is 14.9. The normalized spacial score (nSPS) is 11.5. The van der Waals surface area contributed by atoms with Crippen molar-refractivity contribution in [3.63, 3.8) is 0 Å². The maximum absolute atomic E-state index is 5.21. The molecule has 13 aromatic carbocycles. The molecule has 0 bridgehead atoms. The molecule has 0 aliphatic heterocycles. The van der Waals surface area contributed by atoms with Crippen LogP contribution < -0.4 is 0 Å². The van der Waals surface area contributed by atoms with E-state index < -0.39 is 0 Å². The molecule has 0 saturated carbocycles. The summed E-state index contributed by atoms with van der Waals surface area (Å²) in [5.74, 6) is 0.687. The van der Waals surface area contributed by atoms with E-state index in [0.717, 1.165) is 238 Å². The minimum Gasteiger partial charge on any atom is -0.254 e. The van der Waals surface area contributed by atoms with Crippen LogP contribution in [0.1, 0.15) is 0 Å². The lowest BCUT2D eigenvalue weighted by Crippen LogP contribution is -1.96. The van der Waals surface area contributed by atoms with Gasteiger partial charge in [0.05, 0.1) is 112 Å². The van der Waals surface area contributed by atoms with Crippen LogP contribution in [0, 0.1) is 0 Å². The minimum atomic E-state index is 0.687. The fourth-order valence-electron chi connectivity index (χ4n) is 16.9. The highest BCUT2D eigenvalue weighted by Gasteiger charge is 2.19. The third kappa shape index (κ3) is 13.8. The van der Waals surface area contributed by atoms with Gasteiger partial charge in [-0.2, -0.15) is 0 Å². The zero-order valence-electron chi connectivity index (χ0n) is 66.6. The summed E-state index contributed by atoms with van der Waals surface area (Å²) in [6.45, 7) is 0. The Balaban J connectivity index is 0.000000144. The van der Waals surface area contributed by atoms with Crippen molar-refractivity contribution in [2.24, 2.45) is 0 Å². The molecular weight excluding hydrogens is 1510 g/mol. The molecular formula is C112H68N12. The highest BCUT2D eigenvalue weighted by molar-refractivity contribution is 6.11. The lowest BCUT2D eigenvalue weighted by Gasteiger charge is -2.11. The third-order valence-electron chi connectivity index (χ3n) is 23.4. The zero-order valence-corrected chi connectivity index (χ0v) is 66.6. The van der Waals surface area contributed by atoms with E-state index in [-0.39, 0.29) is 0 Å². The van der Waals surface area contributed by atoms with E-state index in [1.807, 2.05) is 109 Å².